The maximum atomic E-state index is 14.0. The van der Waals surface area contributed by atoms with E-state index in [4.69, 9.17) is 4.74 Å². The van der Waals surface area contributed by atoms with Gasteiger partial charge in [0.25, 0.3) is 0 Å². The van der Waals surface area contributed by atoms with E-state index in [0.29, 0.717) is 26.2 Å². The molecule has 2 aliphatic rings. The summed E-state index contributed by atoms with van der Waals surface area (Å²) in [5, 5.41) is 0. The van der Waals surface area contributed by atoms with Crippen molar-refractivity contribution in [2.45, 2.75) is 33.2 Å². The first-order valence-corrected chi connectivity index (χ1v) is 14.9. The number of benzene rings is 3. The first kappa shape index (κ1) is 33.9. The van der Waals surface area contributed by atoms with E-state index in [-0.39, 0.29) is 87.1 Å². The number of nitrogens with zero attached hydrogens (tertiary/aromatic N) is 2. The summed E-state index contributed by atoms with van der Waals surface area (Å²) in [6.07, 6.45) is -0.467. The largest absolute Gasteiger partial charge is 1.00 e. The first-order valence-electron chi connectivity index (χ1n) is 13.5. The first-order chi connectivity index (χ1) is 19.8. The second-order valence-corrected chi connectivity index (χ2v) is 11.7. The zero-order chi connectivity index (χ0) is 30.4. The third kappa shape index (κ3) is 7.16. The van der Waals surface area contributed by atoms with Gasteiger partial charge in [0.05, 0.1) is 0 Å². The molecule has 43 heavy (non-hydrogen) atoms. The number of fused-ring (bicyclic) bond motifs is 3. The Balaban J connectivity index is 0.00000423. The Bertz CT molecular complexity index is 1600. The van der Waals surface area contributed by atoms with Crippen LogP contribution in [0.5, 0.6) is 5.75 Å². The number of rotatable bonds is 7. The summed E-state index contributed by atoms with van der Waals surface area (Å²) in [6.45, 7) is -0.236. The molecule has 5 rings (SSSR count). The van der Waals surface area contributed by atoms with Crippen LogP contribution in [0.2, 0.25) is 0 Å². The van der Waals surface area contributed by atoms with E-state index in [1.54, 1.807) is 4.90 Å². The molecule has 0 unspecified atom stereocenters. The van der Waals surface area contributed by atoms with Crippen molar-refractivity contribution in [3.05, 3.63) is 81.9 Å². The molecule has 0 saturated carbocycles. The van der Waals surface area contributed by atoms with Gasteiger partial charge in [-0.3, -0.25) is 4.90 Å². The molecule has 1 fully saturated rings. The number of ether oxygens (including phenoxy) is 1. The second kappa shape index (κ2) is 13.2. The number of amides is 1. The van der Waals surface area contributed by atoms with Gasteiger partial charge in [0.2, 0.25) is 0 Å². The Kier molecular flexibility index (Phi) is 10.4. The molecular weight excluding hydrogens is 614 g/mol. The van der Waals surface area contributed by atoms with E-state index in [2.05, 4.69) is 16.3 Å². The van der Waals surface area contributed by atoms with Crippen LogP contribution in [-0.4, -0.2) is 64.1 Å². The summed E-state index contributed by atoms with van der Waals surface area (Å²) < 4.78 is 87.9. The van der Waals surface area contributed by atoms with Crippen LogP contribution in [0.4, 0.5) is 21.6 Å². The molecule has 1 saturated heterocycles. The predicted octanol–water partition coefficient (Wildman–Crippen LogP) is 2.33. The molecule has 14 heteroatoms. The maximum Gasteiger partial charge on any atom is 1.00 e. The molecule has 1 amide bonds. The van der Waals surface area contributed by atoms with E-state index in [9.17, 15) is 30.0 Å². The molecule has 0 atom stereocenters. The van der Waals surface area contributed by atoms with Crippen molar-refractivity contribution in [2.75, 3.05) is 32.8 Å². The molecular formula is C29H30BF4KN2O5S. The van der Waals surface area contributed by atoms with Gasteiger partial charge in [-0.05, 0) is 59.7 Å². The van der Waals surface area contributed by atoms with Crippen LogP contribution in [0.1, 0.15) is 39.3 Å². The number of hydrogen-bond donors (Lipinski definition) is 0. The quantitative estimate of drug-likeness (QED) is 0.224. The topological polar surface area (TPSA) is 76.2 Å². The minimum Gasteiger partial charge on any atom is -0.448 e. The van der Waals surface area contributed by atoms with E-state index in [0.717, 1.165) is 29.2 Å². The number of carbonyl (C=O) groups excluding carboxylic acids is 1. The van der Waals surface area contributed by atoms with Gasteiger partial charge in [-0.1, -0.05) is 63.4 Å². The smallest absolute Gasteiger partial charge is 0.448 e. The molecule has 7 nitrogen and oxygen atoms in total. The van der Waals surface area contributed by atoms with Crippen molar-refractivity contribution in [3.63, 3.8) is 0 Å². The van der Waals surface area contributed by atoms with Crippen molar-refractivity contribution < 1.29 is 90.3 Å². The molecule has 0 radical (unpaired) electrons. The van der Waals surface area contributed by atoms with E-state index in [1.165, 1.54) is 13.8 Å². The monoisotopic (exact) mass is 644 g/mol. The number of carbonyl (C=O) groups is 1. The van der Waals surface area contributed by atoms with E-state index in [1.807, 2.05) is 41.3 Å². The van der Waals surface area contributed by atoms with Gasteiger partial charge in [-0.25, -0.2) is 4.79 Å². The Morgan fingerprint density at radius 2 is 1.42 bits per heavy atom. The molecule has 224 valence electrons. The summed E-state index contributed by atoms with van der Waals surface area (Å²) in [6, 6.07) is 16.0. The zero-order valence-corrected chi connectivity index (χ0v) is 28.3. The van der Waals surface area contributed by atoms with Gasteiger partial charge in [0.15, 0.2) is 0 Å². The zero-order valence-electron chi connectivity index (χ0n) is 24.4. The second-order valence-electron chi connectivity index (χ2n) is 10.7. The van der Waals surface area contributed by atoms with Crippen LogP contribution >= 0.6 is 0 Å². The third-order valence-corrected chi connectivity index (χ3v) is 8.62. The van der Waals surface area contributed by atoms with E-state index < -0.39 is 40.4 Å². The Morgan fingerprint density at radius 1 is 0.884 bits per heavy atom. The van der Waals surface area contributed by atoms with Gasteiger partial charge in [-0.15, -0.1) is 0 Å². The summed E-state index contributed by atoms with van der Waals surface area (Å²) >= 11 is 0. The Hall–Kier alpha value is -1.94. The van der Waals surface area contributed by atoms with Gasteiger partial charge in [-0.2, -0.15) is 8.42 Å². The Labute approximate surface area is 291 Å². The minimum absolute atomic E-state index is 0. The van der Waals surface area contributed by atoms with Gasteiger partial charge in [0.1, 0.15) is 12.4 Å². The standard InChI is InChI=1S/C29H30BF4N2O5S.K/c1-18-25(19(2)28(41-42(34,38)39)20(3)27(18)30(31,32)33)16-35-12-14-36(15-13-35)29(37)40-17-26-23-10-6-4-8-21(23)22-9-5-7-11-24(22)26;/h4-11,26H,12-17H2,1-3H3;/q-1;+1. The fraction of sp³-hybridized carbons (Fsp3) is 0.345. The molecule has 0 N–H and O–H groups in total. The number of halogens is 4. The van der Waals surface area contributed by atoms with Crippen molar-refractivity contribution in [1.82, 2.24) is 9.80 Å². The summed E-state index contributed by atoms with van der Waals surface area (Å²) in [4.78, 5) is 16.4. The van der Waals surface area contributed by atoms with Crippen molar-refractivity contribution >= 4 is 29.0 Å². The van der Waals surface area contributed by atoms with Crippen molar-refractivity contribution in [2.24, 2.45) is 0 Å². The van der Waals surface area contributed by atoms with Crippen LogP contribution in [0, 0.1) is 20.8 Å². The maximum absolute atomic E-state index is 14.0. The molecule has 1 heterocycles. The van der Waals surface area contributed by atoms with Crippen LogP contribution in [-0.2, 0) is 21.8 Å². The predicted molar refractivity (Wildman–Crippen MR) is 152 cm³/mol. The molecule has 1 aliphatic carbocycles. The van der Waals surface area contributed by atoms with Crippen molar-refractivity contribution in [1.29, 1.82) is 0 Å². The molecule has 0 bridgehead atoms. The summed E-state index contributed by atoms with van der Waals surface area (Å²) in [5.41, 5.74) is 3.26. The van der Waals surface area contributed by atoms with Gasteiger partial charge >= 0.3 is 75.0 Å². The van der Waals surface area contributed by atoms with E-state index >= 15 is 0 Å². The molecule has 1 aliphatic heterocycles. The van der Waals surface area contributed by atoms with Crippen LogP contribution in [0.25, 0.3) is 11.1 Å². The fourth-order valence-electron chi connectivity index (χ4n) is 6.22. The molecule has 0 aromatic heterocycles. The van der Waals surface area contributed by atoms with Crippen molar-refractivity contribution in [3.8, 4) is 16.9 Å². The average Bonchev–Trinajstić information content (AvgIpc) is 3.25. The van der Waals surface area contributed by atoms with Gasteiger partial charge in [0, 0.05) is 38.6 Å². The third-order valence-electron chi connectivity index (χ3n) is 8.25. The number of hydrogen-bond acceptors (Lipinski definition) is 6. The molecule has 3 aromatic carbocycles. The molecule has 3 aromatic rings. The normalized spacial score (nSPS) is 15.5. The fourth-order valence-corrected chi connectivity index (χ4v) is 6.66. The molecule has 0 spiro atoms. The minimum atomic E-state index is -5.54. The van der Waals surface area contributed by atoms with Crippen LogP contribution in [0.3, 0.4) is 0 Å². The average molecular weight is 645 g/mol. The van der Waals surface area contributed by atoms with Gasteiger partial charge < -0.3 is 26.8 Å². The van der Waals surface area contributed by atoms with Crippen LogP contribution in [0.15, 0.2) is 48.5 Å². The summed E-state index contributed by atoms with van der Waals surface area (Å²) in [5.74, 6) is -0.728. The Morgan fingerprint density at radius 3 is 1.93 bits per heavy atom. The van der Waals surface area contributed by atoms with Crippen LogP contribution < -0.4 is 61.0 Å². The number of piperazine rings is 1. The SMILES string of the molecule is Cc1c(CN2CCN(C(=O)OCC3c4ccccc4-c4ccccc43)CC2)c(C)c([B-](F)(F)F)c(C)c1OS(=O)(=O)F.[K+]. The summed E-state index contributed by atoms with van der Waals surface area (Å²) in [7, 11) is -5.54.